The van der Waals surface area contributed by atoms with Gasteiger partial charge in [-0.25, -0.2) is 0 Å². The Morgan fingerprint density at radius 1 is 1.19 bits per heavy atom. The summed E-state index contributed by atoms with van der Waals surface area (Å²) in [6.07, 6.45) is 0.376. The summed E-state index contributed by atoms with van der Waals surface area (Å²) in [6.45, 7) is 3.48. The van der Waals surface area contributed by atoms with Crippen LogP contribution in [0.5, 0.6) is 5.75 Å². The fraction of sp³-hybridized carbons (Fsp3) is 0.353. The molecule has 0 aromatic heterocycles. The summed E-state index contributed by atoms with van der Waals surface area (Å²) in [5, 5.41) is 5.63. The van der Waals surface area contributed by atoms with Gasteiger partial charge in [-0.15, -0.1) is 0 Å². The van der Waals surface area contributed by atoms with E-state index in [1.807, 2.05) is 25.1 Å². The van der Waals surface area contributed by atoms with Gasteiger partial charge in [-0.3, -0.25) is 4.79 Å². The number of rotatable bonds is 7. The lowest BCUT2D eigenvalue weighted by atomic mass is 10.0. The summed E-state index contributed by atoms with van der Waals surface area (Å²) < 4.78 is 10.3. The second-order valence-electron chi connectivity index (χ2n) is 4.70. The minimum absolute atomic E-state index is 0.171. The molecule has 4 nitrogen and oxygen atoms in total. The molecular weight excluding hydrogens is 266 g/mol. The van der Waals surface area contributed by atoms with Crippen LogP contribution in [0.3, 0.4) is 0 Å². The van der Waals surface area contributed by atoms with Crippen molar-refractivity contribution in [3.63, 3.8) is 0 Å². The molecule has 0 atom stereocenters. The van der Waals surface area contributed by atoms with E-state index >= 15 is 0 Å². The van der Waals surface area contributed by atoms with E-state index in [9.17, 15) is 4.79 Å². The molecule has 2 aromatic carbocycles. The van der Waals surface area contributed by atoms with Crippen LogP contribution >= 0.6 is 0 Å². The molecule has 112 valence electrons. The molecule has 0 amide bonds. The smallest absolute Gasteiger partial charge is 0.307 e. The summed E-state index contributed by atoms with van der Waals surface area (Å²) in [6, 6.07) is 12.2. The Labute approximate surface area is 125 Å². The number of carbonyl (C=O) groups is 1. The highest BCUT2D eigenvalue weighted by atomic mass is 16.5. The molecule has 0 heterocycles. The predicted molar refractivity (Wildman–Crippen MR) is 83.5 cm³/mol. The summed E-state index contributed by atoms with van der Waals surface area (Å²) in [7, 11) is 1.67. The van der Waals surface area contributed by atoms with E-state index in [1.165, 1.54) is 10.8 Å². The molecule has 2 rings (SSSR count). The van der Waals surface area contributed by atoms with E-state index in [1.54, 1.807) is 7.11 Å². The van der Waals surface area contributed by atoms with E-state index < -0.39 is 0 Å². The number of ether oxygens (including phenoxy) is 2. The largest absolute Gasteiger partial charge is 0.496 e. The molecule has 2 aromatic rings. The number of carbonyl (C=O) groups excluding carboxylic acids is 1. The van der Waals surface area contributed by atoms with Crippen molar-refractivity contribution < 1.29 is 14.3 Å². The van der Waals surface area contributed by atoms with Gasteiger partial charge in [0.25, 0.3) is 0 Å². The standard InChI is InChI=1S/C17H21NO3/c1-3-21-17(19)10-11-18-12-15-14-7-5-4-6-13(14)8-9-16(15)20-2/h4-9,18H,3,10-12H2,1-2H3. The molecule has 4 heteroatoms. The summed E-state index contributed by atoms with van der Waals surface area (Å²) >= 11 is 0. The van der Waals surface area contributed by atoms with Gasteiger partial charge in [-0.1, -0.05) is 30.3 Å². The molecule has 0 unspecified atom stereocenters. The Morgan fingerprint density at radius 2 is 2.00 bits per heavy atom. The van der Waals surface area contributed by atoms with E-state index in [-0.39, 0.29) is 5.97 Å². The van der Waals surface area contributed by atoms with Crippen molar-refractivity contribution in [1.29, 1.82) is 0 Å². The van der Waals surface area contributed by atoms with E-state index in [4.69, 9.17) is 9.47 Å². The van der Waals surface area contributed by atoms with Gasteiger partial charge in [0.15, 0.2) is 0 Å². The zero-order chi connectivity index (χ0) is 15.1. The van der Waals surface area contributed by atoms with Gasteiger partial charge in [0.2, 0.25) is 0 Å². The van der Waals surface area contributed by atoms with Crippen molar-refractivity contribution in [3.8, 4) is 5.75 Å². The molecule has 0 aliphatic heterocycles. The lowest BCUT2D eigenvalue weighted by molar-refractivity contribution is -0.142. The van der Waals surface area contributed by atoms with Crippen LogP contribution < -0.4 is 10.1 Å². The van der Waals surface area contributed by atoms with E-state index in [0.29, 0.717) is 26.1 Å². The fourth-order valence-corrected chi connectivity index (χ4v) is 2.33. The maximum Gasteiger partial charge on any atom is 0.307 e. The average molecular weight is 287 g/mol. The van der Waals surface area contributed by atoms with Gasteiger partial charge >= 0.3 is 5.97 Å². The van der Waals surface area contributed by atoms with Gasteiger partial charge in [0, 0.05) is 18.7 Å². The molecular formula is C17H21NO3. The molecule has 21 heavy (non-hydrogen) atoms. The predicted octanol–water partition coefficient (Wildman–Crippen LogP) is 2.89. The monoisotopic (exact) mass is 287 g/mol. The Bertz CT molecular complexity index is 610. The van der Waals surface area contributed by atoms with Crippen LogP contribution in [-0.4, -0.2) is 26.2 Å². The van der Waals surface area contributed by atoms with Crippen molar-refractivity contribution in [1.82, 2.24) is 5.32 Å². The summed E-state index contributed by atoms with van der Waals surface area (Å²) in [5.41, 5.74) is 1.11. The van der Waals surface area contributed by atoms with Crippen molar-refractivity contribution in [2.75, 3.05) is 20.3 Å². The maximum atomic E-state index is 11.3. The quantitative estimate of drug-likeness (QED) is 0.628. The van der Waals surface area contributed by atoms with E-state index in [0.717, 1.165) is 11.3 Å². The molecule has 0 saturated heterocycles. The molecule has 0 bridgehead atoms. The number of esters is 1. The molecule has 0 aliphatic carbocycles. The second kappa shape index (κ2) is 7.64. The molecule has 0 aliphatic rings. The highest BCUT2D eigenvalue weighted by Gasteiger charge is 2.08. The van der Waals surface area contributed by atoms with Crippen molar-refractivity contribution >= 4 is 16.7 Å². The molecule has 0 radical (unpaired) electrons. The average Bonchev–Trinajstić information content (AvgIpc) is 2.51. The first-order valence-electron chi connectivity index (χ1n) is 7.17. The van der Waals surface area contributed by atoms with Gasteiger partial charge in [-0.05, 0) is 23.8 Å². The Morgan fingerprint density at radius 3 is 2.76 bits per heavy atom. The van der Waals surface area contributed by atoms with Crippen LogP contribution in [0.25, 0.3) is 10.8 Å². The minimum Gasteiger partial charge on any atom is -0.496 e. The van der Waals surface area contributed by atoms with Crippen LogP contribution in [0.1, 0.15) is 18.9 Å². The highest BCUT2D eigenvalue weighted by Crippen LogP contribution is 2.27. The third-order valence-electron chi connectivity index (χ3n) is 3.33. The van der Waals surface area contributed by atoms with Crippen LogP contribution in [0, 0.1) is 0 Å². The first kappa shape index (κ1) is 15.3. The Kier molecular flexibility index (Phi) is 5.58. The molecule has 0 spiro atoms. The second-order valence-corrected chi connectivity index (χ2v) is 4.70. The zero-order valence-electron chi connectivity index (χ0n) is 12.5. The van der Waals surface area contributed by atoms with E-state index in [2.05, 4.69) is 23.5 Å². The lowest BCUT2D eigenvalue weighted by Crippen LogP contribution is -2.19. The van der Waals surface area contributed by atoms with Gasteiger partial charge in [0.1, 0.15) is 5.75 Å². The molecule has 0 fully saturated rings. The number of fused-ring (bicyclic) bond motifs is 1. The SMILES string of the molecule is CCOC(=O)CCNCc1c(OC)ccc2ccccc12. The number of nitrogens with one attached hydrogen (secondary N) is 1. The maximum absolute atomic E-state index is 11.3. The Hall–Kier alpha value is -2.07. The molecule has 0 saturated carbocycles. The normalized spacial score (nSPS) is 10.6. The zero-order valence-corrected chi connectivity index (χ0v) is 12.5. The fourth-order valence-electron chi connectivity index (χ4n) is 2.33. The highest BCUT2D eigenvalue weighted by molar-refractivity contribution is 5.87. The van der Waals surface area contributed by atoms with Crippen molar-refractivity contribution in [3.05, 3.63) is 42.0 Å². The summed E-state index contributed by atoms with van der Waals surface area (Å²) in [5.74, 6) is 0.687. The van der Waals surface area contributed by atoms with Crippen LogP contribution in [-0.2, 0) is 16.1 Å². The third kappa shape index (κ3) is 3.95. The van der Waals surface area contributed by atoms with Gasteiger partial charge in [0.05, 0.1) is 20.1 Å². The van der Waals surface area contributed by atoms with Crippen LogP contribution in [0.4, 0.5) is 0 Å². The van der Waals surface area contributed by atoms with Crippen molar-refractivity contribution in [2.24, 2.45) is 0 Å². The first-order chi connectivity index (χ1) is 10.3. The topological polar surface area (TPSA) is 47.6 Å². The first-order valence-corrected chi connectivity index (χ1v) is 7.17. The Balaban J connectivity index is 2.05. The third-order valence-corrected chi connectivity index (χ3v) is 3.33. The van der Waals surface area contributed by atoms with Gasteiger partial charge < -0.3 is 14.8 Å². The van der Waals surface area contributed by atoms with Crippen molar-refractivity contribution in [2.45, 2.75) is 19.9 Å². The van der Waals surface area contributed by atoms with Crippen LogP contribution in [0.15, 0.2) is 36.4 Å². The number of hydrogen-bond donors (Lipinski definition) is 1. The number of benzene rings is 2. The summed E-state index contributed by atoms with van der Waals surface area (Å²) in [4.78, 5) is 11.3. The van der Waals surface area contributed by atoms with Gasteiger partial charge in [-0.2, -0.15) is 0 Å². The molecule has 1 N–H and O–H groups in total. The van der Waals surface area contributed by atoms with Crippen LogP contribution in [0.2, 0.25) is 0 Å². The minimum atomic E-state index is -0.171. The lowest BCUT2D eigenvalue weighted by Gasteiger charge is -2.13. The number of hydrogen-bond acceptors (Lipinski definition) is 4. The number of methoxy groups -OCH3 is 1.